The molecular formula is C12H14N2OS. The van der Waals surface area contributed by atoms with Crippen molar-refractivity contribution in [2.45, 2.75) is 39.0 Å². The van der Waals surface area contributed by atoms with Crippen LogP contribution in [-0.4, -0.2) is 9.97 Å². The van der Waals surface area contributed by atoms with Crippen LogP contribution in [0.25, 0.3) is 10.2 Å². The average molecular weight is 234 g/mol. The van der Waals surface area contributed by atoms with E-state index >= 15 is 0 Å². The maximum atomic E-state index is 12.0. The standard InChI is InChI=1S/C12H14N2OS/c1-2-9-13-11(15)10-7-5-3-4-6-8(7)16-12(10)14-9/h2-6H2,1H3,(H,13,14,15). The lowest BCUT2D eigenvalue weighted by molar-refractivity contribution is 0.700. The van der Waals surface area contributed by atoms with Crippen LogP contribution < -0.4 is 5.56 Å². The fourth-order valence-electron chi connectivity index (χ4n) is 2.38. The van der Waals surface area contributed by atoms with Gasteiger partial charge < -0.3 is 4.98 Å². The van der Waals surface area contributed by atoms with Crippen molar-refractivity contribution in [3.63, 3.8) is 0 Å². The number of nitrogens with one attached hydrogen (secondary N) is 1. The van der Waals surface area contributed by atoms with Crippen LogP contribution in [0.1, 0.15) is 36.0 Å². The van der Waals surface area contributed by atoms with Crippen molar-refractivity contribution in [2.75, 3.05) is 0 Å². The van der Waals surface area contributed by atoms with Crippen LogP contribution in [0.5, 0.6) is 0 Å². The highest BCUT2D eigenvalue weighted by Gasteiger charge is 2.19. The number of rotatable bonds is 1. The lowest BCUT2D eigenvalue weighted by atomic mass is 9.97. The number of aromatic amines is 1. The Morgan fingerprint density at radius 3 is 3.00 bits per heavy atom. The van der Waals surface area contributed by atoms with E-state index in [4.69, 9.17) is 0 Å². The first-order chi connectivity index (χ1) is 7.79. The second kappa shape index (κ2) is 3.70. The van der Waals surface area contributed by atoms with Crippen molar-refractivity contribution in [1.82, 2.24) is 9.97 Å². The molecule has 2 aromatic rings. The van der Waals surface area contributed by atoms with Crippen molar-refractivity contribution in [3.8, 4) is 0 Å². The zero-order valence-electron chi connectivity index (χ0n) is 9.30. The van der Waals surface area contributed by atoms with Crippen molar-refractivity contribution in [1.29, 1.82) is 0 Å². The maximum Gasteiger partial charge on any atom is 0.259 e. The summed E-state index contributed by atoms with van der Waals surface area (Å²) >= 11 is 1.71. The SMILES string of the molecule is CCc1nc2sc3c(c2c(=O)[nH]1)CCCC3. The van der Waals surface area contributed by atoms with Gasteiger partial charge in [-0.15, -0.1) is 11.3 Å². The van der Waals surface area contributed by atoms with Gasteiger partial charge in [0.1, 0.15) is 10.7 Å². The van der Waals surface area contributed by atoms with E-state index in [2.05, 4.69) is 9.97 Å². The highest BCUT2D eigenvalue weighted by atomic mass is 32.1. The van der Waals surface area contributed by atoms with E-state index in [1.165, 1.54) is 23.3 Å². The van der Waals surface area contributed by atoms with Gasteiger partial charge in [-0.25, -0.2) is 4.98 Å². The molecule has 3 rings (SSSR count). The first kappa shape index (κ1) is 10.0. The third-order valence-electron chi connectivity index (χ3n) is 3.21. The Morgan fingerprint density at radius 1 is 1.38 bits per heavy atom. The van der Waals surface area contributed by atoms with Gasteiger partial charge in [-0.3, -0.25) is 4.79 Å². The molecule has 0 saturated heterocycles. The molecule has 0 bridgehead atoms. The predicted molar refractivity (Wildman–Crippen MR) is 66.3 cm³/mol. The van der Waals surface area contributed by atoms with Crippen LogP contribution in [0.4, 0.5) is 0 Å². The molecule has 0 amide bonds. The maximum absolute atomic E-state index is 12.0. The molecule has 1 N–H and O–H groups in total. The van der Waals surface area contributed by atoms with Gasteiger partial charge in [0.2, 0.25) is 0 Å². The lowest BCUT2D eigenvalue weighted by Crippen LogP contribution is -2.12. The second-order valence-electron chi connectivity index (χ2n) is 4.26. The molecule has 4 heteroatoms. The molecule has 84 valence electrons. The van der Waals surface area contributed by atoms with Crippen LogP contribution in [0.15, 0.2) is 4.79 Å². The predicted octanol–water partition coefficient (Wildman–Crippen LogP) is 2.43. The summed E-state index contributed by atoms with van der Waals surface area (Å²) in [7, 11) is 0. The quantitative estimate of drug-likeness (QED) is 0.823. The Labute approximate surface area is 97.5 Å². The topological polar surface area (TPSA) is 45.8 Å². The van der Waals surface area contributed by atoms with Gasteiger partial charge in [0.05, 0.1) is 5.39 Å². The van der Waals surface area contributed by atoms with Crippen molar-refractivity contribution in [3.05, 3.63) is 26.6 Å². The van der Waals surface area contributed by atoms with Crippen LogP contribution in [0, 0.1) is 0 Å². The number of nitrogens with zero attached hydrogens (tertiary/aromatic N) is 1. The van der Waals surface area contributed by atoms with Gasteiger partial charge in [-0.05, 0) is 31.2 Å². The summed E-state index contributed by atoms with van der Waals surface area (Å²) in [6, 6.07) is 0. The van der Waals surface area contributed by atoms with E-state index in [1.54, 1.807) is 11.3 Å². The van der Waals surface area contributed by atoms with E-state index in [0.29, 0.717) is 0 Å². The number of hydrogen-bond acceptors (Lipinski definition) is 3. The minimum atomic E-state index is 0.0567. The molecule has 0 unspecified atom stereocenters. The van der Waals surface area contributed by atoms with Gasteiger partial charge in [-0.1, -0.05) is 6.92 Å². The molecule has 0 fully saturated rings. The summed E-state index contributed by atoms with van der Waals surface area (Å²) in [6.07, 6.45) is 5.41. The minimum absolute atomic E-state index is 0.0567. The van der Waals surface area contributed by atoms with E-state index in [1.807, 2.05) is 6.92 Å². The molecule has 0 aromatic carbocycles. The largest absolute Gasteiger partial charge is 0.310 e. The summed E-state index contributed by atoms with van der Waals surface area (Å²) in [4.78, 5) is 21.7. The monoisotopic (exact) mass is 234 g/mol. The summed E-state index contributed by atoms with van der Waals surface area (Å²) in [5.74, 6) is 0.802. The molecule has 2 aromatic heterocycles. The van der Waals surface area contributed by atoms with Gasteiger partial charge >= 0.3 is 0 Å². The Morgan fingerprint density at radius 2 is 2.19 bits per heavy atom. The summed E-state index contributed by atoms with van der Waals surface area (Å²) in [5.41, 5.74) is 1.32. The second-order valence-corrected chi connectivity index (χ2v) is 5.34. The zero-order chi connectivity index (χ0) is 11.1. The Balaban J connectivity index is 2.34. The van der Waals surface area contributed by atoms with Crippen LogP contribution >= 0.6 is 11.3 Å². The summed E-state index contributed by atoms with van der Waals surface area (Å²) in [6.45, 7) is 2.01. The zero-order valence-corrected chi connectivity index (χ0v) is 10.1. The van der Waals surface area contributed by atoms with Crippen molar-refractivity contribution < 1.29 is 0 Å². The van der Waals surface area contributed by atoms with Crippen LogP contribution in [0.2, 0.25) is 0 Å². The average Bonchev–Trinajstić information content (AvgIpc) is 2.67. The molecule has 16 heavy (non-hydrogen) atoms. The number of fused-ring (bicyclic) bond motifs is 3. The highest BCUT2D eigenvalue weighted by Crippen LogP contribution is 2.33. The number of hydrogen-bond donors (Lipinski definition) is 1. The molecule has 1 aliphatic rings. The number of H-pyrrole nitrogens is 1. The van der Waals surface area contributed by atoms with Gasteiger partial charge in [-0.2, -0.15) is 0 Å². The summed E-state index contributed by atoms with van der Waals surface area (Å²) < 4.78 is 0. The minimum Gasteiger partial charge on any atom is -0.310 e. The van der Waals surface area contributed by atoms with E-state index < -0.39 is 0 Å². The third kappa shape index (κ3) is 1.40. The lowest BCUT2D eigenvalue weighted by Gasteiger charge is -2.09. The number of thiophene rings is 1. The first-order valence-corrected chi connectivity index (χ1v) is 6.64. The van der Waals surface area contributed by atoms with E-state index in [0.717, 1.165) is 35.3 Å². The van der Waals surface area contributed by atoms with Crippen LogP contribution in [0.3, 0.4) is 0 Å². The van der Waals surface area contributed by atoms with Crippen LogP contribution in [-0.2, 0) is 19.3 Å². The van der Waals surface area contributed by atoms with Crippen molar-refractivity contribution in [2.24, 2.45) is 0 Å². The molecule has 0 aliphatic heterocycles. The van der Waals surface area contributed by atoms with E-state index in [9.17, 15) is 4.79 Å². The number of aromatic nitrogens is 2. The molecular weight excluding hydrogens is 220 g/mol. The molecule has 0 spiro atoms. The fourth-order valence-corrected chi connectivity index (χ4v) is 3.66. The molecule has 0 radical (unpaired) electrons. The Hall–Kier alpha value is -1.16. The summed E-state index contributed by atoms with van der Waals surface area (Å²) in [5, 5.41) is 0.858. The smallest absolute Gasteiger partial charge is 0.259 e. The molecule has 0 atom stereocenters. The number of aryl methyl sites for hydroxylation is 3. The normalized spacial score (nSPS) is 15.3. The Bertz CT molecular complexity index is 597. The molecule has 1 aliphatic carbocycles. The van der Waals surface area contributed by atoms with E-state index in [-0.39, 0.29) is 5.56 Å². The highest BCUT2D eigenvalue weighted by molar-refractivity contribution is 7.18. The van der Waals surface area contributed by atoms with Gasteiger partial charge in [0.25, 0.3) is 5.56 Å². The molecule has 0 saturated carbocycles. The first-order valence-electron chi connectivity index (χ1n) is 5.83. The molecule has 2 heterocycles. The third-order valence-corrected chi connectivity index (χ3v) is 4.39. The Kier molecular flexibility index (Phi) is 2.32. The van der Waals surface area contributed by atoms with Gasteiger partial charge in [0.15, 0.2) is 0 Å². The molecule has 3 nitrogen and oxygen atoms in total. The van der Waals surface area contributed by atoms with Gasteiger partial charge in [0, 0.05) is 11.3 Å². The van der Waals surface area contributed by atoms with Crippen molar-refractivity contribution >= 4 is 21.6 Å². The fraction of sp³-hybridized carbons (Fsp3) is 0.500.